The van der Waals surface area contributed by atoms with Crippen molar-refractivity contribution in [3.63, 3.8) is 0 Å². The van der Waals surface area contributed by atoms with Gasteiger partial charge in [-0.3, -0.25) is 10.1 Å². The number of carbonyl (C=O) groups excluding carboxylic acids is 1. The van der Waals surface area contributed by atoms with Gasteiger partial charge >= 0.3 is 0 Å². The summed E-state index contributed by atoms with van der Waals surface area (Å²) in [6.07, 6.45) is 0. The fourth-order valence-electron chi connectivity index (χ4n) is 2.75. The van der Waals surface area contributed by atoms with E-state index in [1.807, 2.05) is 56.3 Å². The molecule has 0 aliphatic heterocycles. The van der Waals surface area contributed by atoms with Crippen LogP contribution in [0.3, 0.4) is 0 Å². The highest BCUT2D eigenvalue weighted by atomic mass is 32.1. The molecule has 0 aliphatic rings. The molecule has 4 aromatic rings. The summed E-state index contributed by atoms with van der Waals surface area (Å²) in [5.74, 6) is 0.478. The summed E-state index contributed by atoms with van der Waals surface area (Å²) in [6.45, 7) is 3.74. The highest BCUT2D eigenvalue weighted by Gasteiger charge is 2.15. The van der Waals surface area contributed by atoms with Crippen LogP contribution in [0.25, 0.3) is 15.5 Å². The van der Waals surface area contributed by atoms with Gasteiger partial charge in [-0.2, -0.15) is 9.61 Å². The van der Waals surface area contributed by atoms with Crippen LogP contribution in [-0.4, -0.2) is 30.8 Å². The Morgan fingerprint density at radius 1 is 1.07 bits per heavy atom. The standard InChI is InChI=1S/C19H16N6OS2/c1-11-7-3-4-8-13(11)16(26)21-18(27)20-15-10-6-5-9-14(15)17-24-25-12(2)22-23-19(25)28-17/h3-10H,1-2H3,(H2,20,21,26,27). The fraction of sp³-hybridized carbons (Fsp3) is 0.105. The van der Waals surface area contributed by atoms with Gasteiger partial charge in [-0.15, -0.1) is 10.2 Å². The Balaban J connectivity index is 1.56. The molecule has 0 spiro atoms. The lowest BCUT2D eigenvalue weighted by Crippen LogP contribution is -2.34. The number of anilines is 1. The molecule has 0 saturated heterocycles. The molecule has 0 bridgehead atoms. The first-order valence-electron chi connectivity index (χ1n) is 8.49. The number of aryl methyl sites for hydroxylation is 2. The van der Waals surface area contributed by atoms with Crippen molar-refractivity contribution in [2.75, 3.05) is 5.32 Å². The first-order valence-corrected chi connectivity index (χ1v) is 9.71. The summed E-state index contributed by atoms with van der Waals surface area (Å²) in [5, 5.41) is 19.5. The van der Waals surface area contributed by atoms with Gasteiger partial charge in [0.2, 0.25) is 4.96 Å². The smallest absolute Gasteiger partial charge is 0.257 e. The molecule has 0 unspecified atom stereocenters. The molecule has 7 nitrogen and oxygen atoms in total. The first-order chi connectivity index (χ1) is 13.5. The number of hydrogen-bond acceptors (Lipinski definition) is 6. The molecule has 0 radical (unpaired) electrons. The van der Waals surface area contributed by atoms with E-state index in [-0.39, 0.29) is 11.0 Å². The Labute approximate surface area is 170 Å². The number of thiocarbonyl (C=S) groups is 1. The van der Waals surface area contributed by atoms with E-state index in [9.17, 15) is 4.79 Å². The zero-order valence-electron chi connectivity index (χ0n) is 15.1. The number of amides is 1. The number of aromatic nitrogens is 4. The van der Waals surface area contributed by atoms with Gasteiger partial charge in [0.25, 0.3) is 5.91 Å². The van der Waals surface area contributed by atoms with E-state index >= 15 is 0 Å². The second-order valence-electron chi connectivity index (χ2n) is 6.12. The second kappa shape index (κ2) is 7.45. The normalized spacial score (nSPS) is 10.8. The zero-order chi connectivity index (χ0) is 19.7. The molecule has 140 valence electrons. The molecule has 2 aromatic heterocycles. The average Bonchev–Trinajstić information content (AvgIpc) is 3.24. The van der Waals surface area contributed by atoms with E-state index < -0.39 is 0 Å². The van der Waals surface area contributed by atoms with Crippen LogP contribution in [0.2, 0.25) is 0 Å². The van der Waals surface area contributed by atoms with Crippen molar-refractivity contribution in [3.05, 3.63) is 65.5 Å². The molecule has 4 rings (SSSR count). The third-order valence-electron chi connectivity index (χ3n) is 4.17. The van der Waals surface area contributed by atoms with Crippen LogP contribution >= 0.6 is 23.6 Å². The first kappa shape index (κ1) is 18.2. The Morgan fingerprint density at radius 3 is 2.61 bits per heavy atom. The minimum atomic E-state index is -0.248. The van der Waals surface area contributed by atoms with Gasteiger partial charge in [0.1, 0.15) is 5.01 Å². The molecular formula is C19H16N6OS2. The van der Waals surface area contributed by atoms with E-state index in [1.165, 1.54) is 11.3 Å². The predicted molar refractivity (Wildman–Crippen MR) is 114 cm³/mol. The summed E-state index contributed by atoms with van der Waals surface area (Å²) in [4.78, 5) is 13.2. The molecular weight excluding hydrogens is 392 g/mol. The third-order valence-corrected chi connectivity index (χ3v) is 5.31. The van der Waals surface area contributed by atoms with Gasteiger partial charge in [-0.05, 0) is 49.8 Å². The van der Waals surface area contributed by atoms with Crippen molar-refractivity contribution in [1.82, 2.24) is 25.1 Å². The third kappa shape index (κ3) is 3.49. The van der Waals surface area contributed by atoms with E-state index in [0.717, 1.165) is 32.6 Å². The summed E-state index contributed by atoms with van der Waals surface area (Å²) < 4.78 is 1.70. The van der Waals surface area contributed by atoms with Crippen LogP contribution in [0.5, 0.6) is 0 Å². The lowest BCUT2D eigenvalue weighted by atomic mass is 10.1. The Morgan fingerprint density at radius 2 is 1.82 bits per heavy atom. The number of rotatable bonds is 3. The molecule has 2 N–H and O–H groups in total. The maximum absolute atomic E-state index is 12.5. The van der Waals surface area contributed by atoms with Crippen LogP contribution in [0.1, 0.15) is 21.7 Å². The topological polar surface area (TPSA) is 84.2 Å². The quantitative estimate of drug-likeness (QED) is 0.504. The van der Waals surface area contributed by atoms with Gasteiger partial charge < -0.3 is 5.32 Å². The lowest BCUT2D eigenvalue weighted by Gasteiger charge is -2.13. The number of nitrogens with one attached hydrogen (secondary N) is 2. The molecule has 0 saturated carbocycles. The lowest BCUT2D eigenvalue weighted by molar-refractivity contribution is 0.0977. The van der Waals surface area contributed by atoms with Crippen LogP contribution in [0, 0.1) is 13.8 Å². The van der Waals surface area contributed by atoms with Crippen LogP contribution in [0.15, 0.2) is 48.5 Å². The van der Waals surface area contributed by atoms with E-state index in [4.69, 9.17) is 12.2 Å². The van der Waals surface area contributed by atoms with Gasteiger partial charge in [-0.25, -0.2) is 0 Å². The Bertz CT molecular complexity index is 1200. The molecule has 0 aliphatic carbocycles. The van der Waals surface area contributed by atoms with Crippen molar-refractivity contribution >= 4 is 45.2 Å². The second-order valence-corrected chi connectivity index (χ2v) is 7.48. The minimum absolute atomic E-state index is 0.222. The predicted octanol–water partition coefficient (Wildman–Crippen LogP) is 3.60. The van der Waals surface area contributed by atoms with Crippen LogP contribution in [0.4, 0.5) is 5.69 Å². The molecule has 28 heavy (non-hydrogen) atoms. The largest absolute Gasteiger partial charge is 0.332 e. The number of carbonyl (C=O) groups is 1. The summed E-state index contributed by atoms with van der Waals surface area (Å²) in [6, 6.07) is 15.0. The maximum atomic E-state index is 12.5. The maximum Gasteiger partial charge on any atom is 0.257 e. The minimum Gasteiger partial charge on any atom is -0.332 e. The van der Waals surface area contributed by atoms with E-state index in [0.29, 0.717) is 5.56 Å². The molecule has 0 atom stereocenters. The highest BCUT2D eigenvalue weighted by Crippen LogP contribution is 2.31. The molecule has 1 amide bonds. The van der Waals surface area contributed by atoms with Gasteiger partial charge in [0.15, 0.2) is 10.9 Å². The number of para-hydroxylation sites is 1. The summed E-state index contributed by atoms with van der Waals surface area (Å²) >= 11 is 6.78. The van der Waals surface area contributed by atoms with Crippen molar-refractivity contribution in [2.24, 2.45) is 0 Å². The van der Waals surface area contributed by atoms with Crippen molar-refractivity contribution in [2.45, 2.75) is 13.8 Å². The number of nitrogens with zero attached hydrogens (tertiary/aromatic N) is 4. The Hall–Kier alpha value is -3.17. The van der Waals surface area contributed by atoms with Crippen molar-refractivity contribution in [1.29, 1.82) is 0 Å². The SMILES string of the molecule is Cc1ccccc1C(=O)NC(=S)Nc1ccccc1-c1nn2c(C)nnc2s1. The number of benzene rings is 2. The summed E-state index contributed by atoms with van der Waals surface area (Å²) in [7, 11) is 0. The molecule has 2 heterocycles. The van der Waals surface area contributed by atoms with Crippen molar-refractivity contribution < 1.29 is 4.79 Å². The zero-order valence-corrected chi connectivity index (χ0v) is 16.8. The van der Waals surface area contributed by atoms with Gasteiger partial charge in [0.05, 0.1) is 5.69 Å². The average molecular weight is 409 g/mol. The molecule has 9 heteroatoms. The number of fused-ring (bicyclic) bond motifs is 1. The van der Waals surface area contributed by atoms with E-state index in [2.05, 4.69) is 25.9 Å². The monoisotopic (exact) mass is 408 g/mol. The molecule has 2 aromatic carbocycles. The number of hydrogen-bond donors (Lipinski definition) is 2. The molecule has 0 fully saturated rings. The summed E-state index contributed by atoms with van der Waals surface area (Å²) in [5.41, 5.74) is 3.09. The van der Waals surface area contributed by atoms with E-state index in [1.54, 1.807) is 10.6 Å². The Kier molecular flexibility index (Phi) is 4.84. The van der Waals surface area contributed by atoms with Crippen LogP contribution < -0.4 is 10.6 Å². The highest BCUT2D eigenvalue weighted by molar-refractivity contribution is 7.80. The van der Waals surface area contributed by atoms with Gasteiger partial charge in [0, 0.05) is 11.1 Å². The fourth-order valence-corrected chi connectivity index (χ4v) is 3.88. The van der Waals surface area contributed by atoms with Crippen molar-refractivity contribution in [3.8, 4) is 10.6 Å². The van der Waals surface area contributed by atoms with Crippen LogP contribution in [-0.2, 0) is 0 Å². The van der Waals surface area contributed by atoms with Gasteiger partial charge in [-0.1, -0.05) is 41.7 Å².